The van der Waals surface area contributed by atoms with Crippen LogP contribution in [0.4, 0.5) is 5.69 Å². The molecular formula is C17H20N2O6S. The Labute approximate surface area is 151 Å². The molecule has 1 heterocycles. The highest BCUT2D eigenvalue weighted by Crippen LogP contribution is 2.20. The number of carbonyl (C=O) groups excluding carboxylic acids is 2. The molecule has 1 N–H and O–H groups in total. The highest BCUT2D eigenvalue weighted by molar-refractivity contribution is 7.92. The smallest absolute Gasteiger partial charge is 0.337 e. The van der Waals surface area contributed by atoms with Gasteiger partial charge >= 0.3 is 5.97 Å². The second kappa shape index (κ2) is 8.52. The molecule has 0 aliphatic rings. The van der Waals surface area contributed by atoms with E-state index in [2.05, 4.69) is 10.1 Å². The van der Waals surface area contributed by atoms with Gasteiger partial charge in [0, 0.05) is 13.0 Å². The van der Waals surface area contributed by atoms with Crippen LogP contribution >= 0.6 is 0 Å². The lowest BCUT2D eigenvalue weighted by molar-refractivity contribution is -0.121. The van der Waals surface area contributed by atoms with Crippen molar-refractivity contribution in [2.24, 2.45) is 0 Å². The van der Waals surface area contributed by atoms with Gasteiger partial charge in [0.15, 0.2) is 0 Å². The summed E-state index contributed by atoms with van der Waals surface area (Å²) in [5, 5.41) is 2.65. The van der Waals surface area contributed by atoms with Gasteiger partial charge in [-0.2, -0.15) is 0 Å². The average molecular weight is 380 g/mol. The third kappa shape index (κ3) is 5.35. The van der Waals surface area contributed by atoms with Crippen molar-refractivity contribution in [2.45, 2.75) is 13.0 Å². The number of benzene rings is 1. The van der Waals surface area contributed by atoms with Crippen LogP contribution in [0.1, 0.15) is 22.5 Å². The van der Waals surface area contributed by atoms with E-state index in [1.807, 2.05) is 0 Å². The Morgan fingerprint density at radius 1 is 1.23 bits per heavy atom. The number of nitrogens with one attached hydrogen (secondary N) is 1. The molecule has 0 radical (unpaired) electrons. The first-order valence-corrected chi connectivity index (χ1v) is 9.61. The summed E-state index contributed by atoms with van der Waals surface area (Å²) < 4.78 is 35.0. The molecule has 1 aromatic heterocycles. The van der Waals surface area contributed by atoms with E-state index in [9.17, 15) is 18.0 Å². The molecule has 0 saturated carbocycles. The summed E-state index contributed by atoms with van der Waals surface area (Å²) in [5.41, 5.74) is 0.509. The van der Waals surface area contributed by atoms with Gasteiger partial charge in [-0.3, -0.25) is 9.10 Å². The second-order valence-corrected chi connectivity index (χ2v) is 7.39. The molecule has 2 rings (SSSR count). The van der Waals surface area contributed by atoms with Gasteiger partial charge in [-0.05, 0) is 30.3 Å². The summed E-state index contributed by atoms with van der Waals surface area (Å²) in [6, 6.07) is 9.47. The third-order valence-electron chi connectivity index (χ3n) is 3.54. The number of hydrogen-bond donors (Lipinski definition) is 1. The van der Waals surface area contributed by atoms with E-state index in [1.54, 1.807) is 24.3 Å². The summed E-state index contributed by atoms with van der Waals surface area (Å²) in [6.45, 7) is 0.163. The number of sulfonamides is 1. The summed E-state index contributed by atoms with van der Waals surface area (Å²) in [6.07, 6.45) is 2.50. The van der Waals surface area contributed by atoms with E-state index in [0.717, 1.165) is 10.6 Å². The maximum absolute atomic E-state index is 12.1. The van der Waals surface area contributed by atoms with Crippen molar-refractivity contribution in [2.75, 3.05) is 24.2 Å². The lowest BCUT2D eigenvalue weighted by Gasteiger charge is -2.22. The summed E-state index contributed by atoms with van der Waals surface area (Å²) in [5.74, 6) is -0.292. The van der Waals surface area contributed by atoms with Crippen LogP contribution < -0.4 is 9.62 Å². The number of hydrogen-bond acceptors (Lipinski definition) is 6. The zero-order valence-electron chi connectivity index (χ0n) is 14.5. The predicted molar refractivity (Wildman–Crippen MR) is 95.1 cm³/mol. The van der Waals surface area contributed by atoms with Gasteiger partial charge in [0.1, 0.15) is 5.76 Å². The summed E-state index contributed by atoms with van der Waals surface area (Å²) in [7, 11) is -2.40. The molecule has 0 bridgehead atoms. The first-order valence-electron chi connectivity index (χ1n) is 7.76. The molecule has 2 aromatic rings. The molecular weight excluding hydrogens is 360 g/mol. The Morgan fingerprint density at radius 3 is 2.62 bits per heavy atom. The minimum absolute atomic E-state index is 0.0454. The molecule has 1 aromatic carbocycles. The zero-order chi connectivity index (χ0) is 19.2. The number of esters is 1. The fourth-order valence-corrected chi connectivity index (χ4v) is 3.20. The Hall–Kier alpha value is -2.81. The first-order chi connectivity index (χ1) is 12.3. The molecule has 0 atom stereocenters. The van der Waals surface area contributed by atoms with Crippen molar-refractivity contribution in [1.29, 1.82) is 0 Å². The van der Waals surface area contributed by atoms with Crippen LogP contribution in [-0.2, 0) is 26.1 Å². The van der Waals surface area contributed by atoms with E-state index in [0.29, 0.717) is 5.76 Å². The SMILES string of the molecule is COC(=O)c1cccc(N(CCC(=O)NCc2ccco2)S(C)(=O)=O)c1. The van der Waals surface area contributed by atoms with E-state index >= 15 is 0 Å². The first kappa shape index (κ1) is 19.5. The number of anilines is 1. The van der Waals surface area contributed by atoms with Crippen LogP contribution in [0.3, 0.4) is 0 Å². The van der Waals surface area contributed by atoms with Gasteiger partial charge in [0.25, 0.3) is 0 Å². The van der Waals surface area contributed by atoms with Gasteiger partial charge in [-0.1, -0.05) is 6.07 Å². The standard InChI is InChI=1S/C17H20N2O6S/c1-24-17(21)13-5-3-6-14(11-13)19(26(2,22)23)9-8-16(20)18-12-15-7-4-10-25-15/h3-7,10-11H,8-9,12H2,1-2H3,(H,18,20). The van der Waals surface area contributed by atoms with Crippen molar-refractivity contribution >= 4 is 27.6 Å². The molecule has 1 amide bonds. The molecule has 0 spiro atoms. The van der Waals surface area contributed by atoms with Crippen molar-refractivity contribution in [1.82, 2.24) is 5.32 Å². The van der Waals surface area contributed by atoms with Gasteiger partial charge in [0.05, 0.1) is 37.4 Å². The van der Waals surface area contributed by atoms with Crippen molar-refractivity contribution in [3.63, 3.8) is 0 Å². The Morgan fingerprint density at radius 2 is 2.00 bits per heavy atom. The number of nitrogens with zero attached hydrogens (tertiary/aromatic N) is 1. The van der Waals surface area contributed by atoms with Crippen LogP contribution in [0.2, 0.25) is 0 Å². The highest BCUT2D eigenvalue weighted by atomic mass is 32.2. The molecule has 0 saturated heterocycles. The van der Waals surface area contributed by atoms with E-state index in [4.69, 9.17) is 4.42 Å². The summed E-state index contributed by atoms with van der Waals surface area (Å²) in [4.78, 5) is 23.6. The molecule has 8 nitrogen and oxygen atoms in total. The van der Waals surface area contributed by atoms with Crippen molar-refractivity contribution in [3.8, 4) is 0 Å². The van der Waals surface area contributed by atoms with Gasteiger partial charge in [-0.15, -0.1) is 0 Å². The maximum atomic E-state index is 12.1. The topological polar surface area (TPSA) is 106 Å². The maximum Gasteiger partial charge on any atom is 0.337 e. The average Bonchev–Trinajstić information content (AvgIpc) is 3.12. The largest absolute Gasteiger partial charge is 0.467 e. The zero-order valence-corrected chi connectivity index (χ0v) is 15.3. The van der Waals surface area contributed by atoms with Crippen molar-refractivity contribution in [3.05, 3.63) is 54.0 Å². The normalized spacial score (nSPS) is 11.0. The lowest BCUT2D eigenvalue weighted by Crippen LogP contribution is -2.34. The number of methoxy groups -OCH3 is 1. The predicted octanol–water partition coefficient (Wildman–Crippen LogP) is 1.54. The lowest BCUT2D eigenvalue weighted by atomic mass is 10.2. The highest BCUT2D eigenvalue weighted by Gasteiger charge is 2.20. The van der Waals surface area contributed by atoms with E-state index in [1.165, 1.54) is 25.5 Å². The Kier molecular flexibility index (Phi) is 6.40. The minimum atomic E-state index is -3.64. The molecule has 0 fully saturated rings. The number of ether oxygens (including phenoxy) is 1. The fourth-order valence-electron chi connectivity index (χ4n) is 2.28. The second-order valence-electron chi connectivity index (χ2n) is 5.48. The van der Waals surface area contributed by atoms with Crippen LogP contribution in [0.25, 0.3) is 0 Å². The monoisotopic (exact) mass is 380 g/mol. The molecule has 0 aliphatic heterocycles. The molecule has 9 heteroatoms. The van der Waals surface area contributed by atoms with E-state index < -0.39 is 16.0 Å². The number of furan rings is 1. The molecule has 0 aliphatic carbocycles. The number of amides is 1. The van der Waals surface area contributed by atoms with Crippen molar-refractivity contribution < 1.29 is 27.2 Å². The Bertz CT molecular complexity index is 861. The molecule has 26 heavy (non-hydrogen) atoms. The molecule has 140 valence electrons. The number of rotatable bonds is 8. The Balaban J connectivity index is 2.06. The quantitative estimate of drug-likeness (QED) is 0.697. The minimum Gasteiger partial charge on any atom is -0.467 e. The third-order valence-corrected chi connectivity index (χ3v) is 4.73. The van der Waals surface area contributed by atoms with E-state index in [-0.39, 0.29) is 36.7 Å². The molecule has 0 unspecified atom stereocenters. The van der Waals surface area contributed by atoms with Crippen LogP contribution in [0.5, 0.6) is 0 Å². The fraction of sp³-hybridized carbons (Fsp3) is 0.294. The van der Waals surface area contributed by atoms with Crippen LogP contribution in [-0.4, -0.2) is 40.2 Å². The number of carbonyl (C=O) groups is 2. The van der Waals surface area contributed by atoms with Gasteiger partial charge in [0.2, 0.25) is 15.9 Å². The van der Waals surface area contributed by atoms with Crippen LogP contribution in [0, 0.1) is 0 Å². The van der Waals surface area contributed by atoms with Gasteiger partial charge in [-0.25, -0.2) is 13.2 Å². The van der Waals surface area contributed by atoms with Gasteiger partial charge < -0.3 is 14.5 Å². The summed E-state index contributed by atoms with van der Waals surface area (Å²) >= 11 is 0. The van der Waals surface area contributed by atoms with Crippen LogP contribution in [0.15, 0.2) is 47.1 Å².